The summed E-state index contributed by atoms with van der Waals surface area (Å²) < 4.78 is 6.44. The maximum absolute atomic E-state index is 6.44. The minimum atomic E-state index is 0.365. The van der Waals surface area contributed by atoms with Crippen LogP contribution in [0.15, 0.2) is 48.5 Å². The number of hydrogen-bond acceptors (Lipinski definition) is 1. The summed E-state index contributed by atoms with van der Waals surface area (Å²) in [5.41, 5.74) is 5.49. The first kappa shape index (κ1) is 19.7. The molecule has 1 heteroatoms. The van der Waals surface area contributed by atoms with Gasteiger partial charge in [0, 0.05) is 0 Å². The molecule has 0 spiro atoms. The van der Waals surface area contributed by atoms with Gasteiger partial charge >= 0.3 is 0 Å². The average molecular weight is 339 g/mol. The van der Waals surface area contributed by atoms with E-state index in [4.69, 9.17) is 4.74 Å². The second-order valence-corrected chi connectivity index (χ2v) is 7.25. The van der Waals surface area contributed by atoms with Gasteiger partial charge in [-0.25, -0.2) is 0 Å². The van der Waals surface area contributed by atoms with Gasteiger partial charge in [0.1, 0.15) is 0 Å². The maximum atomic E-state index is 6.44. The van der Waals surface area contributed by atoms with Crippen LogP contribution in [0.3, 0.4) is 0 Å². The van der Waals surface area contributed by atoms with Gasteiger partial charge in [-0.1, -0.05) is 73.5 Å². The smallest absolute Gasteiger partial charge is 0.0579 e. The fourth-order valence-corrected chi connectivity index (χ4v) is 3.17. The first-order valence-corrected chi connectivity index (χ1v) is 9.87. The van der Waals surface area contributed by atoms with Crippen molar-refractivity contribution in [3.05, 3.63) is 70.8 Å². The summed E-state index contributed by atoms with van der Waals surface area (Å²) >= 11 is 0. The lowest BCUT2D eigenvalue weighted by Gasteiger charge is -2.23. The Morgan fingerprint density at radius 1 is 0.640 bits per heavy atom. The molecule has 0 saturated carbocycles. The van der Waals surface area contributed by atoms with Crippen molar-refractivity contribution < 1.29 is 4.74 Å². The summed E-state index contributed by atoms with van der Waals surface area (Å²) in [6.45, 7) is 8.77. The van der Waals surface area contributed by atoms with Crippen LogP contribution in [0.1, 0.15) is 61.8 Å². The van der Waals surface area contributed by atoms with Gasteiger partial charge in [-0.3, -0.25) is 0 Å². The highest BCUT2D eigenvalue weighted by Gasteiger charge is 2.14. The van der Waals surface area contributed by atoms with Crippen LogP contribution < -0.4 is 0 Å². The molecule has 136 valence electrons. The summed E-state index contributed by atoms with van der Waals surface area (Å²) in [6, 6.07) is 17.8. The standard InChI is InChI=1S/C24H34O/c1-5-23(17-15-21-11-7-19(3)8-12-21)25-24(6-2)18-16-22-13-9-20(4)10-14-22/h7-14,23-24H,5-6,15-18H2,1-4H3. The molecule has 2 aromatic carbocycles. The maximum Gasteiger partial charge on any atom is 0.0579 e. The van der Waals surface area contributed by atoms with Gasteiger partial charge in [0.25, 0.3) is 0 Å². The second kappa shape index (κ2) is 10.4. The topological polar surface area (TPSA) is 9.23 Å². The Kier molecular flexibility index (Phi) is 8.21. The van der Waals surface area contributed by atoms with Crippen LogP contribution in [0.25, 0.3) is 0 Å². The summed E-state index contributed by atoms with van der Waals surface area (Å²) in [5.74, 6) is 0. The Labute approximate surface area is 154 Å². The Morgan fingerprint density at radius 2 is 1.00 bits per heavy atom. The van der Waals surface area contributed by atoms with E-state index >= 15 is 0 Å². The number of benzene rings is 2. The predicted molar refractivity (Wildman–Crippen MR) is 108 cm³/mol. The molecule has 2 unspecified atom stereocenters. The number of aryl methyl sites for hydroxylation is 4. The normalized spacial score (nSPS) is 13.6. The van der Waals surface area contributed by atoms with Crippen LogP contribution in [0.4, 0.5) is 0 Å². The number of ether oxygens (including phenoxy) is 1. The van der Waals surface area contributed by atoms with Crippen LogP contribution in [0.2, 0.25) is 0 Å². The van der Waals surface area contributed by atoms with E-state index in [0.717, 1.165) is 38.5 Å². The third-order valence-corrected chi connectivity index (χ3v) is 5.05. The van der Waals surface area contributed by atoms with Crippen LogP contribution >= 0.6 is 0 Å². The average Bonchev–Trinajstić information content (AvgIpc) is 2.64. The van der Waals surface area contributed by atoms with Crippen molar-refractivity contribution in [2.45, 2.75) is 78.4 Å². The van der Waals surface area contributed by atoms with Gasteiger partial charge in [-0.15, -0.1) is 0 Å². The van der Waals surface area contributed by atoms with Crippen LogP contribution in [-0.4, -0.2) is 12.2 Å². The molecule has 25 heavy (non-hydrogen) atoms. The minimum absolute atomic E-state index is 0.365. The summed E-state index contributed by atoms with van der Waals surface area (Å²) in [4.78, 5) is 0. The number of hydrogen-bond donors (Lipinski definition) is 0. The lowest BCUT2D eigenvalue weighted by atomic mass is 10.0. The van der Waals surface area contributed by atoms with Crippen LogP contribution in [0.5, 0.6) is 0 Å². The van der Waals surface area contributed by atoms with Crippen molar-refractivity contribution in [3.8, 4) is 0 Å². The summed E-state index contributed by atoms with van der Waals surface area (Å²) in [7, 11) is 0. The lowest BCUT2D eigenvalue weighted by molar-refractivity contribution is -0.0232. The van der Waals surface area contributed by atoms with E-state index in [1.54, 1.807) is 0 Å². The molecule has 0 aromatic heterocycles. The zero-order chi connectivity index (χ0) is 18.1. The van der Waals surface area contributed by atoms with Crippen molar-refractivity contribution in [1.82, 2.24) is 0 Å². The number of rotatable bonds is 10. The van der Waals surface area contributed by atoms with Crippen molar-refractivity contribution in [3.63, 3.8) is 0 Å². The van der Waals surface area contributed by atoms with Gasteiger partial charge in [0.15, 0.2) is 0 Å². The van der Waals surface area contributed by atoms with Crippen molar-refractivity contribution in [2.75, 3.05) is 0 Å². The van der Waals surface area contributed by atoms with Gasteiger partial charge in [-0.2, -0.15) is 0 Å². The van der Waals surface area contributed by atoms with Gasteiger partial charge in [-0.05, 0) is 63.5 Å². The molecule has 2 atom stereocenters. The van der Waals surface area contributed by atoms with E-state index in [-0.39, 0.29) is 0 Å². The zero-order valence-corrected chi connectivity index (χ0v) is 16.4. The highest BCUT2D eigenvalue weighted by molar-refractivity contribution is 5.22. The molecule has 0 aliphatic rings. The second-order valence-electron chi connectivity index (χ2n) is 7.25. The van der Waals surface area contributed by atoms with Gasteiger partial charge in [0.05, 0.1) is 12.2 Å². The van der Waals surface area contributed by atoms with E-state index in [0.29, 0.717) is 12.2 Å². The van der Waals surface area contributed by atoms with E-state index < -0.39 is 0 Å². The lowest BCUT2D eigenvalue weighted by Crippen LogP contribution is -2.22. The van der Waals surface area contributed by atoms with Gasteiger partial charge < -0.3 is 4.74 Å². The first-order chi connectivity index (χ1) is 12.1. The minimum Gasteiger partial charge on any atom is -0.375 e. The van der Waals surface area contributed by atoms with E-state index in [1.807, 2.05) is 0 Å². The van der Waals surface area contributed by atoms with E-state index in [1.165, 1.54) is 22.3 Å². The third kappa shape index (κ3) is 7.04. The first-order valence-electron chi connectivity index (χ1n) is 9.87. The fraction of sp³-hybridized carbons (Fsp3) is 0.500. The molecule has 0 N–H and O–H groups in total. The Bertz CT molecular complexity index is 541. The van der Waals surface area contributed by atoms with Crippen molar-refractivity contribution >= 4 is 0 Å². The third-order valence-electron chi connectivity index (χ3n) is 5.05. The highest BCUT2D eigenvalue weighted by atomic mass is 16.5. The van der Waals surface area contributed by atoms with Crippen molar-refractivity contribution in [1.29, 1.82) is 0 Å². The molecule has 0 aliphatic carbocycles. The SMILES string of the molecule is CCC(CCc1ccc(C)cc1)OC(CC)CCc1ccc(C)cc1. The molecule has 0 saturated heterocycles. The molecule has 0 heterocycles. The van der Waals surface area contributed by atoms with Gasteiger partial charge in [0.2, 0.25) is 0 Å². The Hall–Kier alpha value is -1.60. The van der Waals surface area contributed by atoms with Crippen molar-refractivity contribution in [2.24, 2.45) is 0 Å². The molecule has 0 radical (unpaired) electrons. The predicted octanol–water partition coefficient (Wildman–Crippen LogP) is 6.44. The molecular weight excluding hydrogens is 304 g/mol. The largest absolute Gasteiger partial charge is 0.375 e. The molecule has 1 nitrogen and oxygen atoms in total. The zero-order valence-electron chi connectivity index (χ0n) is 16.4. The van der Waals surface area contributed by atoms with Crippen LogP contribution in [0, 0.1) is 13.8 Å². The Morgan fingerprint density at radius 3 is 1.32 bits per heavy atom. The summed E-state index contributed by atoms with van der Waals surface area (Å²) in [6.07, 6.45) is 7.34. The molecule has 0 aliphatic heterocycles. The highest BCUT2D eigenvalue weighted by Crippen LogP contribution is 2.18. The Balaban J connectivity index is 1.80. The molecule has 0 amide bonds. The molecular formula is C24H34O. The molecule has 2 aromatic rings. The quantitative estimate of drug-likeness (QED) is 0.484. The van der Waals surface area contributed by atoms with E-state index in [2.05, 4.69) is 76.2 Å². The monoisotopic (exact) mass is 338 g/mol. The molecule has 0 fully saturated rings. The van der Waals surface area contributed by atoms with E-state index in [9.17, 15) is 0 Å². The molecule has 2 rings (SSSR count). The van der Waals surface area contributed by atoms with Crippen LogP contribution in [-0.2, 0) is 17.6 Å². The molecule has 0 bridgehead atoms. The summed E-state index contributed by atoms with van der Waals surface area (Å²) in [5, 5.41) is 0. The fourth-order valence-electron chi connectivity index (χ4n) is 3.17.